The van der Waals surface area contributed by atoms with Gasteiger partial charge < -0.3 is 10.0 Å². The Kier molecular flexibility index (Phi) is 3.20. The standard InChI is InChI=1S/C16H21N3O3/c20-15(14-6-13(14)10-3-4-10)18-5-1-2-12(9-18)19-8-11(7-17-19)16(21)22/h7-8,10,12-14H,1-6,9H2,(H,21,22)/t12-,13-,14+/m1/s1. The van der Waals surface area contributed by atoms with E-state index >= 15 is 0 Å². The molecule has 1 N–H and O–H groups in total. The van der Waals surface area contributed by atoms with Crippen LogP contribution in [0.15, 0.2) is 12.4 Å². The van der Waals surface area contributed by atoms with E-state index in [0.717, 1.165) is 31.7 Å². The van der Waals surface area contributed by atoms with Crippen molar-refractivity contribution in [1.82, 2.24) is 14.7 Å². The Hall–Kier alpha value is -1.85. The predicted molar refractivity (Wildman–Crippen MR) is 78.4 cm³/mol. The van der Waals surface area contributed by atoms with Gasteiger partial charge in [0.1, 0.15) is 0 Å². The zero-order valence-corrected chi connectivity index (χ0v) is 12.5. The maximum atomic E-state index is 12.6. The van der Waals surface area contributed by atoms with Crippen LogP contribution in [0, 0.1) is 17.8 Å². The van der Waals surface area contributed by atoms with Crippen molar-refractivity contribution in [2.45, 2.75) is 38.1 Å². The number of carbonyl (C=O) groups is 2. The van der Waals surface area contributed by atoms with Crippen LogP contribution in [0.5, 0.6) is 0 Å². The monoisotopic (exact) mass is 303 g/mol. The van der Waals surface area contributed by atoms with Crippen LogP contribution in [0.4, 0.5) is 0 Å². The molecule has 3 atom stereocenters. The molecule has 0 bridgehead atoms. The van der Waals surface area contributed by atoms with Crippen LogP contribution in [0.2, 0.25) is 0 Å². The molecule has 3 fully saturated rings. The average Bonchev–Trinajstić information content (AvgIpc) is 3.42. The van der Waals surface area contributed by atoms with Gasteiger partial charge in [-0.1, -0.05) is 0 Å². The summed E-state index contributed by atoms with van der Waals surface area (Å²) in [7, 11) is 0. The molecule has 1 aromatic rings. The number of likely N-dealkylation sites (tertiary alicyclic amines) is 1. The molecular weight excluding hydrogens is 282 g/mol. The van der Waals surface area contributed by atoms with Crippen LogP contribution in [0.1, 0.15) is 48.5 Å². The third kappa shape index (κ3) is 2.51. The second-order valence-electron chi connectivity index (χ2n) is 6.94. The predicted octanol–water partition coefficient (Wildman–Crippen LogP) is 1.79. The highest BCUT2D eigenvalue weighted by molar-refractivity contribution is 5.86. The fraction of sp³-hybridized carbons (Fsp3) is 0.688. The van der Waals surface area contributed by atoms with E-state index in [-0.39, 0.29) is 17.5 Å². The van der Waals surface area contributed by atoms with Crippen molar-refractivity contribution in [3.8, 4) is 0 Å². The summed E-state index contributed by atoms with van der Waals surface area (Å²) in [5.74, 6) is 1.08. The largest absolute Gasteiger partial charge is 0.478 e. The van der Waals surface area contributed by atoms with Gasteiger partial charge in [-0.3, -0.25) is 9.48 Å². The molecule has 1 saturated heterocycles. The summed E-state index contributed by atoms with van der Waals surface area (Å²) in [6.07, 6.45) is 8.55. The molecule has 118 valence electrons. The van der Waals surface area contributed by atoms with E-state index in [2.05, 4.69) is 5.10 Å². The number of carbonyl (C=O) groups excluding carboxylic acids is 1. The number of aromatic carboxylic acids is 1. The molecule has 0 unspecified atom stereocenters. The van der Waals surface area contributed by atoms with Crippen LogP contribution in [-0.2, 0) is 4.79 Å². The Morgan fingerprint density at radius 1 is 1.27 bits per heavy atom. The molecular formula is C16H21N3O3. The Balaban J connectivity index is 1.40. The maximum absolute atomic E-state index is 12.6. The van der Waals surface area contributed by atoms with Crippen LogP contribution >= 0.6 is 0 Å². The van der Waals surface area contributed by atoms with Crippen LogP contribution in [0.3, 0.4) is 0 Å². The van der Waals surface area contributed by atoms with E-state index in [1.165, 1.54) is 19.0 Å². The third-order valence-corrected chi connectivity index (χ3v) is 5.32. The molecule has 2 saturated carbocycles. The first-order valence-corrected chi connectivity index (χ1v) is 8.19. The summed E-state index contributed by atoms with van der Waals surface area (Å²) in [6.45, 7) is 1.49. The second kappa shape index (κ2) is 5.11. The van der Waals surface area contributed by atoms with Gasteiger partial charge in [-0.2, -0.15) is 5.10 Å². The number of rotatable bonds is 4. The zero-order valence-electron chi connectivity index (χ0n) is 12.5. The topological polar surface area (TPSA) is 75.4 Å². The molecule has 1 aliphatic heterocycles. The van der Waals surface area contributed by atoms with Gasteiger partial charge in [0.05, 0.1) is 17.8 Å². The fourth-order valence-electron chi connectivity index (χ4n) is 3.80. The van der Waals surface area contributed by atoms with Crippen molar-refractivity contribution in [3.05, 3.63) is 18.0 Å². The first-order valence-electron chi connectivity index (χ1n) is 8.19. The minimum Gasteiger partial charge on any atom is -0.478 e. The molecule has 2 heterocycles. The van der Waals surface area contributed by atoms with Crippen molar-refractivity contribution < 1.29 is 14.7 Å². The van der Waals surface area contributed by atoms with Gasteiger partial charge in [0.25, 0.3) is 0 Å². The van der Waals surface area contributed by atoms with E-state index < -0.39 is 5.97 Å². The summed E-state index contributed by atoms with van der Waals surface area (Å²) in [5.41, 5.74) is 0.208. The van der Waals surface area contributed by atoms with E-state index in [9.17, 15) is 9.59 Å². The number of piperidine rings is 1. The van der Waals surface area contributed by atoms with Gasteiger partial charge in [-0.25, -0.2) is 4.79 Å². The van der Waals surface area contributed by atoms with Crippen molar-refractivity contribution in [2.75, 3.05) is 13.1 Å². The van der Waals surface area contributed by atoms with Crippen LogP contribution in [-0.4, -0.2) is 44.8 Å². The first kappa shape index (κ1) is 13.8. The molecule has 2 aliphatic carbocycles. The highest BCUT2D eigenvalue weighted by atomic mass is 16.4. The highest BCUT2D eigenvalue weighted by Crippen LogP contribution is 2.55. The number of amides is 1. The first-order chi connectivity index (χ1) is 10.6. The molecule has 6 heteroatoms. The SMILES string of the molecule is O=C(O)c1cnn([C@@H]2CCCN(C(=O)[C@H]3C[C@@H]3C3CC3)C2)c1. The van der Waals surface area contributed by atoms with Crippen LogP contribution in [0.25, 0.3) is 0 Å². The van der Waals surface area contributed by atoms with Gasteiger partial charge in [-0.05, 0) is 43.9 Å². The lowest BCUT2D eigenvalue weighted by atomic mass is 10.0. The fourth-order valence-corrected chi connectivity index (χ4v) is 3.80. The van der Waals surface area contributed by atoms with Gasteiger partial charge in [0, 0.05) is 25.2 Å². The van der Waals surface area contributed by atoms with E-state index in [1.807, 2.05) is 4.90 Å². The number of aromatic nitrogens is 2. The van der Waals surface area contributed by atoms with Crippen molar-refractivity contribution >= 4 is 11.9 Å². The van der Waals surface area contributed by atoms with Gasteiger partial charge >= 0.3 is 5.97 Å². The van der Waals surface area contributed by atoms with Gasteiger partial charge in [0.15, 0.2) is 0 Å². The Morgan fingerprint density at radius 3 is 2.77 bits per heavy atom. The lowest BCUT2D eigenvalue weighted by Gasteiger charge is -2.33. The molecule has 1 aromatic heterocycles. The maximum Gasteiger partial charge on any atom is 0.338 e. The summed E-state index contributed by atoms with van der Waals surface area (Å²) in [4.78, 5) is 25.5. The number of carboxylic acid groups (broad SMARTS) is 1. The minimum absolute atomic E-state index is 0.101. The lowest BCUT2D eigenvalue weighted by molar-refractivity contribution is -0.134. The minimum atomic E-state index is -0.958. The number of hydrogen-bond donors (Lipinski definition) is 1. The Morgan fingerprint density at radius 2 is 2.09 bits per heavy atom. The molecule has 22 heavy (non-hydrogen) atoms. The van der Waals surface area contributed by atoms with E-state index in [1.54, 1.807) is 10.9 Å². The molecule has 0 spiro atoms. The molecule has 6 nitrogen and oxygen atoms in total. The van der Waals surface area contributed by atoms with Crippen molar-refractivity contribution in [1.29, 1.82) is 0 Å². The third-order valence-electron chi connectivity index (χ3n) is 5.32. The smallest absolute Gasteiger partial charge is 0.338 e. The average molecular weight is 303 g/mol. The molecule has 4 rings (SSSR count). The summed E-state index contributed by atoms with van der Waals surface area (Å²) in [5, 5.41) is 13.2. The van der Waals surface area contributed by atoms with Gasteiger partial charge in [-0.15, -0.1) is 0 Å². The summed E-state index contributed by atoms with van der Waals surface area (Å²) < 4.78 is 1.72. The Labute approximate surface area is 129 Å². The quantitative estimate of drug-likeness (QED) is 0.920. The van der Waals surface area contributed by atoms with Crippen molar-refractivity contribution in [3.63, 3.8) is 0 Å². The van der Waals surface area contributed by atoms with E-state index in [0.29, 0.717) is 18.4 Å². The summed E-state index contributed by atoms with van der Waals surface area (Å²) >= 11 is 0. The lowest BCUT2D eigenvalue weighted by Crippen LogP contribution is -2.41. The highest BCUT2D eigenvalue weighted by Gasteiger charge is 2.52. The number of hydrogen-bond acceptors (Lipinski definition) is 3. The number of nitrogens with zero attached hydrogens (tertiary/aromatic N) is 3. The van der Waals surface area contributed by atoms with Crippen molar-refractivity contribution in [2.24, 2.45) is 17.8 Å². The second-order valence-corrected chi connectivity index (χ2v) is 6.94. The number of carboxylic acids is 1. The normalized spacial score (nSPS) is 31.1. The summed E-state index contributed by atoms with van der Waals surface area (Å²) in [6, 6.07) is 0.101. The van der Waals surface area contributed by atoms with Crippen LogP contribution < -0.4 is 0 Å². The van der Waals surface area contributed by atoms with Gasteiger partial charge in [0.2, 0.25) is 5.91 Å². The zero-order chi connectivity index (χ0) is 15.3. The van der Waals surface area contributed by atoms with E-state index in [4.69, 9.17) is 5.11 Å². The molecule has 1 amide bonds. The molecule has 0 radical (unpaired) electrons. The Bertz CT molecular complexity index is 608. The molecule has 3 aliphatic rings. The molecule has 0 aromatic carbocycles.